The molecule has 0 unspecified atom stereocenters. The summed E-state index contributed by atoms with van der Waals surface area (Å²) < 4.78 is 19.4. The van der Waals surface area contributed by atoms with Gasteiger partial charge in [0.25, 0.3) is 0 Å². The highest BCUT2D eigenvalue weighted by molar-refractivity contribution is 9.10. The number of hydrogen-bond acceptors (Lipinski definition) is 2. The Bertz CT molecular complexity index is 598. The van der Waals surface area contributed by atoms with E-state index < -0.39 is 0 Å². The van der Waals surface area contributed by atoms with Crippen LogP contribution in [0.4, 0.5) is 4.39 Å². The van der Waals surface area contributed by atoms with Crippen LogP contribution < -0.4 is 10.5 Å². The van der Waals surface area contributed by atoms with Gasteiger partial charge in [0.15, 0.2) is 0 Å². The fourth-order valence-corrected chi connectivity index (χ4v) is 2.30. The number of ether oxygens (including phenoxy) is 1. The Morgan fingerprint density at radius 3 is 2.68 bits per heavy atom. The Morgan fingerprint density at radius 2 is 2.00 bits per heavy atom. The third kappa shape index (κ3) is 3.75. The Labute approximate surface area is 124 Å². The minimum Gasteiger partial charge on any atom is -0.489 e. The van der Waals surface area contributed by atoms with E-state index in [2.05, 4.69) is 15.9 Å². The van der Waals surface area contributed by atoms with Crippen LogP contribution in [-0.4, -0.2) is 4.99 Å². The molecular weight excluding hydrogens is 329 g/mol. The highest BCUT2D eigenvalue weighted by Gasteiger charge is 2.06. The molecule has 0 aromatic heterocycles. The maximum Gasteiger partial charge on any atom is 0.128 e. The van der Waals surface area contributed by atoms with Crippen LogP contribution in [0.3, 0.4) is 0 Å². The molecule has 0 heterocycles. The largest absolute Gasteiger partial charge is 0.489 e. The molecule has 0 saturated carbocycles. The molecule has 2 N–H and O–H groups in total. The van der Waals surface area contributed by atoms with E-state index in [9.17, 15) is 4.39 Å². The van der Waals surface area contributed by atoms with Crippen LogP contribution in [0, 0.1) is 5.82 Å². The van der Waals surface area contributed by atoms with Gasteiger partial charge in [-0.15, -0.1) is 0 Å². The molecule has 0 aliphatic carbocycles. The van der Waals surface area contributed by atoms with E-state index in [1.54, 1.807) is 6.07 Å². The zero-order chi connectivity index (χ0) is 13.8. The van der Waals surface area contributed by atoms with Crippen molar-refractivity contribution in [2.24, 2.45) is 5.73 Å². The first kappa shape index (κ1) is 14.0. The molecule has 2 nitrogen and oxygen atoms in total. The molecule has 0 aliphatic rings. The van der Waals surface area contributed by atoms with Crippen molar-refractivity contribution < 1.29 is 9.13 Å². The lowest BCUT2D eigenvalue weighted by atomic mass is 10.1. The molecule has 0 atom stereocenters. The summed E-state index contributed by atoms with van der Waals surface area (Å²) in [5, 5.41) is 0. The molecule has 0 bridgehead atoms. The Morgan fingerprint density at radius 1 is 1.26 bits per heavy atom. The maximum atomic E-state index is 13.2. The molecule has 98 valence electrons. The molecule has 2 aromatic rings. The number of benzene rings is 2. The third-order valence-electron chi connectivity index (χ3n) is 2.51. The van der Waals surface area contributed by atoms with Gasteiger partial charge in [0.2, 0.25) is 0 Å². The highest BCUT2D eigenvalue weighted by Crippen LogP contribution is 2.22. The molecule has 0 spiro atoms. The SMILES string of the molecule is NC(=S)c1ccccc1COc1cc(F)cc(Br)c1. The lowest BCUT2D eigenvalue weighted by molar-refractivity contribution is 0.304. The van der Waals surface area contributed by atoms with Crippen molar-refractivity contribution in [3.05, 3.63) is 63.9 Å². The molecular formula is C14H11BrFNOS. The summed E-state index contributed by atoms with van der Waals surface area (Å²) in [7, 11) is 0. The van der Waals surface area contributed by atoms with Crippen molar-refractivity contribution in [3.63, 3.8) is 0 Å². The second-order valence-electron chi connectivity index (χ2n) is 3.92. The third-order valence-corrected chi connectivity index (χ3v) is 3.19. The van der Waals surface area contributed by atoms with Crippen LogP contribution >= 0.6 is 28.1 Å². The fourth-order valence-electron chi connectivity index (χ4n) is 1.66. The van der Waals surface area contributed by atoms with Crippen molar-refractivity contribution in [2.75, 3.05) is 0 Å². The number of halogens is 2. The van der Waals surface area contributed by atoms with Crippen LogP contribution in [0.2, 0.25) is 0 Å². The van der Waals surface area contributed by atoms with Crippen molar-refractivity contribution in [1.29, 1.82) is 0 Å². The molecule has 2 aromatic carbocycles. The van der Waals surface area contributed by atoms with Gasteiger partial charge in [0.05, 0.1) is 0 Å². The average molecular weight is 340 g/mol. The highest BCUT2D eigenvalue weighted by atomic mass is 79.9. The quantitative estimate of drug-likeness (QED) is 0.860. The van der Waals surface area contributed by atoms with Gasteiger partial charge in [-0.25, -0.2) is 4.39 Å². The molecule has 0 saturated heterocycles. The predicted octanol–water partition coefficient (Wildman–Crippen LogP) is 3.80. The van der Waals surface area contributed by atoms with Crippen molar-refractivity contribution in [2.45, 2.75) is 6.61 Å². The molecule has 0 radical (unpaired) electrons. The monoisotopic (exact) mass is 339 g/mol. The number of hydrogen-bond donors (Lipinski definition) is 1. The van der Waals surface area contributed by atoms with Crippen molar-refractivity contribution >= 4 is 33.1 Å². The lowest BCUT2D eigenvalue weighted by Gasteiger charge is -2.10. The number of nitrogens with two attached hydrogens (primary N) is 1. The van der Waals surface area contributed by atoms with E-state index >= 15 is 0 Å². The number of thiocarbonyl (C=S) groups is 1. The Balaban J connectivity index is 2.16. The van der Waals surface area contributed by atoms with E-state index in [1.165, 1.54) is 12.1 Å². The molecule has 19 heavy (non-hydrogen) atoms. The topological polar surface area (TPSA) is 35.2 Å². The molecule has 2 rings (SSSR count). The van der Waals surface area contributed by atoms with Gasteiger partial charge in [-0.2, -0.15) is 0 Å². The van der Waals surface area contributed by atoms with Crippen molar-refractivity contribution in [3.8, 4) is 5.75 Å². The minimum absolute atomic E-state index is 0.281. The molecule has 5 heteroatoms. The summed E-state index contributed by atoms with van der Waals surface area (Å²) >= 11 is 8.19. The second kappa shape index (κ2) is 6.12. The molecule has 0 aliphatic heterocycles. The van der Waals surface area contributed by atoms with Gasteiger partial charge >= 0.3 is 0 Å². The van der Waals surface area contributed by atoms with E-state index in [0.717, 1.165) is 11.1 Å². The van der Waals surface area contributed by atoms with Crippen LogP contribution in [0.5, 0.6) is 5.75 Å². The van der Waals surface area contributed by atoms with E-state index in [-0.39, 0.29) is 12.4 Å². The summed E-state index contributed by atoms with van der Waals surface area (Å²) in [6.45, 7) is 0.281. The Kier molecular flexibility index (Phi) is 4.50. The average Bonchev–Trinajstić information content (AvgIpc) is 2.35. The van der Waals surface area contributed by atoms with Gasteiger partial charge in [-0.1, -0.05) is 52.4 Å². The van der Waals surface area contributed by atoms with Crippen LogP contribution in [0.25, 0.3) is 0 Å². The fraction of sp³-hybridized carbons (Fsp3) is 0.0714. The van der Waals surface area contributed by atoms with Gasteiger partial charge in [-0.3, -0.25) is 0 Å². The van der Waals surface area contributed by atoms with E-state index in [4.69, 9.17) is 22.7 Å². The summed E-state index contributed by atoms with van der Waals surface area (Å²) in [5.41, 5.74) is 7.28. The standard InChI is InChI=1S/C14H11BrFNOS/c15-10-5-11(16)7-12(6-10)18-8-9-3-1-2-4-13(9)14(17)19/h1-7H,8H2,(H2,17,19). The van der Waals surface area contributed by atoms with Gasteiger partial charge in [0.1, 0.15) is 23.2 Å². The summed E-state index contributed by atoms with van der Waals surface area (Å²) in [5.74, 6) is 0.0941. The molecule has 0 fully saturated rings. The van der Waals surface area contributed by atoms with Gasteiger partial charge < -0.3 is 10.5 Å². The van der Waals surface area contributed by atoms with Crippen LogP contribution in [-0.2, 0) is 6.61 Å². The van der Waals surface area contributed by atoms with E-state index in [0.29, 0.717) is 15.2 Å². The zero-order valence-corrected chi connectivity index (χ0v) is 12.3. The first-order valence-corrected chi connectivity index (χ1v) is 6.73. The first-order chi connectivity index (χ1) is 9.06. The van der Waals surface area contributed by atoms with Crippen molar-refractivity contribution in [1.82, 2.24) is 0 Å². The van der Waals surface area contributed by atoms with Gasteiger partial charge in [0, 0.05) is 16.1 Å². The lowest BCUT2D eigenvalue weighted by Crippen LogP contribution is -2.13. The number of rotatable bonds is 4. The van der Waals surface area contributed by atoms with Crippen LogP contribution in [0.1, 0.15) is 11.1 Å². The first-order valence-electron chi connectivity index (χ1n) is 5.53. The zero-order valence-electron chi connectivity index (χ0n) is 9.90. The normalized spacial score (nSPS) is 10.2. The molecule has 0 amide bonds. The maximum absolute atomic E-state index is 13.2. The second-order valence-corrected chi connectivity index (χ2v) is 5.27. The smallest absolute Gasteiger partial charge is 0.128 e. The summed E-state index contributed by atoms with van der Waals surface area (Å²) in [6, 6.07) is 11.8. The summed E-state index contributed by atoms with van der Waals surface area (Å²) in [6.07, 6.45) is 0. The minimum atomic E-state index is -0.355. The van der Waals surface area contributed by atoms with E-state index in [1.807, 2.05) is 24.3 Å². The van der Waals surface area contributed by atoms with Gasteiger partial charge in [-0.05, 0) is 17.7 Å². The Hall–Kier alpha value is -1.46. The predicted molar refractivity (Wildman–Crippen MR) is 80.8 cm³/mol. The summed E-state index contributed by atoms with van der Waals surface area (Å²) in [4.78, 5) is 0.319. The van der Waals surface area contributed by atoms with Crippen LogP contribution in [0.15, 0.2) is 46.9 Å².